The molecule has 0 aliphatic rings. The van der Waals surface area contributed by atoms with Gasteiger partial charge in [0.05, 0.1) is 7.11 Å². The minimum atomic E-state index is -1.07. The predicted octanol–water partition coefficient (Wildman–Crippen LogP) is 4.18. The molecule has 0 saturated carbocycles. The molecule has 0 aliphatic carbocycles. The fourth-order valence-corrected chi connectivity index (χ4v) is 3.35. The monoisotopic (exact) mass is 339 g/mol. The van der Waals surface area contributed by atoms with Crippen molar-refractivity contribution in [1.29, 1.82) is 0 Å². The molecular formula is C22H29NO2. The van der Waals surface area contributed by atoms with Gasteiger partial charge in [0.25, 0.3) is 0 Å². The highest BCUT2D eigenvalue weighted by Gasteiger charge is 2.38. The molecule has 2 aromatic rings. The molecule has 0 aliphatic heterocycles. The van der Waals surface area contributed by atoms with Crippen LogP contribution in [0.5, 0.6) is 5.75 Å². The van der Waals surface area contributed by atoms with Crippen LogP contribution in [0.15, 0.2) is 60.2 Å². The summed E-state index contributed by atoms with van der Waals surface area (Å²) >= 11 is 0. The minimum Gasteiger partial charge on any atom is -0.497 e. The Morgan fingerprint density at radius 1 is 1.16 bits per heavy atom. The van der Waals surface area contributed by atoms with Gasteiger partial charge in [-0.15, -0.1) is 0 Å². The smallest absolute Gasteiger partial charge is 0.119 e. The van der Waals surface area contributed by atoms with E-state index in [1.807, 2.05) is 75.6 Å². The zero-order valence-corrected chi connectivity index (χ0v) is 15.9. The van der Waals surface area contributed by atoms with Crippen LogP contribution in [-0.4, -0.2) is 37.8 Å². The molecule has 0 aromatic heterocycles. The standard InChI is InChI=1S/C22H29NO2/c1-17(14-19-10-7-6-8-11-19)22(24,18(2)16-23(3)4)20-12-9-13-21(15-20)25-5/h6-15,18,24H,16H2,1-5H3/b17-14-. The Balaban J connectivity index is 2.53. The van der Waals surface area contributed by atoms with Crippen molar-refractivity contribution in [2.75, 3.05) is 27.7 Å². The fourth-order valence-electron chi connectivity index (χ4n) is 3.35. The highest BCUT2D eigenvalue weighted by molar-refractivity contribution is 5.56. The number of benzene rings is 2. The Bertz CT molecular complexity index is 709. The lowest BCUT2D eigenvalue weighted by Gasteiger charge is -2.37. The van der Waals surface area contributed by atoms with Gasteiger partial charge in [0.15, 0.2) is 0 Å². The molecule has 0 heterocycles. The number of ether oxygens (including phenoxy) is 1. The molecule has 1 N–H and O–H groups in total. The van der Waals surface area contributed by atoms with Crippen molar-refractivity contribution in [2.24, 2.45) is 5.92 Å². The van der Waals surface area contributed by atoms with Crippen LogP contribution in [0.25, 0.3) is 6.08 Å². The van der Waals surface area contributed by atoms with Gasteiger partial charge in [0, 0.05) is 12.5 Å². The van der Waals surface area contributed by atoms with E-state index in [0.29, 0.717) is 0 Å². The molecule has 25 heavy (non-hydrogen) atoms. The third-order valence-corrected chi connectivity index (χ3v) is 4.65. The molecule has 0 spiro atoms. The van der Waals surface area contributed by atoms with Crippen molar-refractivity contribution in [3.63, 3.8) is 0 Å². The van der Waals surface area contributed by atoms with E-state index in [0.717, 1.165) is 29.0 Å². The van der Waals surface area contributed by atoms with E-state index in [1.54, 1.807) is 7.11 Å². The van der Waals surface area contributed by atoms with Gasteiger partial charge in [-0.05, 0) is 49.9 Å². The minimum absolute atomic E-state index is 0.00886. The number of nitrogens with zero attached hydrogens (tertiary/aromatic N) is 1. The zero-order valence-electron chi connectivity index (χ0n) is 15.9. The second kappa shape index (κ2) is 8.32. The molecule has 2 aromatic carbocycles. The maximum absolute atomic E-state index is 11.8. The quantitative estimate of drug-likeness (QED) is 0.821. The first-order valence-corrected chi connectivity index (χ1v) is 8.63. The summed E-state index contributed by atoms with van der Waals surface area (Å²) in [7, 11) is 5.70. The maximum Gasteiger partial charge on any atom is 0.119 e. The van der Waals surface area contributed by atoms with E-state index < -0.39 is 5.60 Å². The Labute approximate surface area is 151 Å². The number of aliphatic hydroxyl groups is 1. The Morgan fingerprint density at radius 3 is 2.44 bits per heavy atom. The summed E-state index contributed by atoms with van der Waals surface area (Å²) in [5, 5.41) is 11.8. The van der Waals surface area contributed by atoms with E-state index in [-0.39, 0.29) is 5.92 Å². The summed E-state index contributed by atoms with van der Waals surface area (Å²) < 4.78 is 5.37. The molecule has 134 valence electrons. The van der Waals surface area contributed by atoms with E-state index in [4.69, 9.17) is 4.74 Å². The lowest BCUT2D eigenvalue weighted by atomic mass is 9.76. The van der Waals surface area contributed by atoms with Crippen LogP contribution in [0.3, 0.4) is 0 Å². The average Bonchev–Trinajstić information content (AvgIpc) is 2.61. The van der Waals surface area contributed by atoms with Crippen LogP contribution >= 0.6 is 0 Å². The summed E-state index contributed by atoms with van der Waals surface area (Å²) in [5.41, 5.74) is 1.78. The molecule has 2 atom stereocenters. The molecule has 0 bridgehead atoms. The molecular weight excluding hydrogens is 310 g/mol. The summed E-state index contributed by atoms with van der Waals surface area (Å²) in [5.74, 6) is 0.759. The number of hydrogen-bond acceptors (Lipinski definition) is 3. The SMILES string of the molecule is COc1cccc(C(O)(/C(C)=C\c2ccccc2)C(C)CN(C)C)c1. The molecule has 2 rings (SSSR count). The van der Waals surface area contributed by atoms with Crippen molar-refractivity contribution < 1.29 is 9.84 Å². The number of rotatable bonds is 7. The van der Waals surface area contributed by atoms with Gasteiger partial charge in [-0.2, -0.15) is 0 Å². The molecule has 2 unspecified atom stereocenters. The summed E-state index contributed by atoms with van der Waals surface area (Å²) in [6, 6.07) is 17.8. The normalized spacial score (nSPS) is 15.7. The lowest BCUT2D eigenvalue weighted by molar-refractivity contribution is 0.0104. The number of hydrogen-bond donors (Lipinski definition) is 1. The van der Waals surface area contributed by atoms with Crippen LogP contribution in [0.4, 0.5) is 0 Å². The van der Waals surface area contributed by atoms with Crippen molar-refractivity contribution in [3.8, 4) is 5.75 Å². The average molecular weight is 339 g/mol. The lowest BCUT2D eigenvalue weighted by Crippen LogP contribution is -2.40. The van der Waals surface area contributed by atoms with Gasteiger partial charge in [0.1, 0.15) is 11.4 Å². The van der Waals surface area contributed by atoms with Crippen molar-refractivity contribution in [1.82, 2.24) is 4.90 Å². The summed E-state index contributed by atoms with van der Waals surface area (Å²) in [6.07, 6.45) is 2.06. The van der Waals surface area contributed by atoms with Gasteiger partial charge in [-0.25, -0.2) is 0 Å². The van der Waals surface area contributed by atoms with Crippen LogP contribution in [0.1, 0.15) is 25.0 Å². The molecule has 3 nitrogen and oxygen atoms in total. The van der Waals surface area contributed by atoms with Gasteiger partial charge >= 0.3 is 0 Å². The van der Waals surface area contributed by atoms with Crippen molar-refractivity contribution in [3.05, 3.63) is 71.3 Å². The molecule has 3 heteroatoms. The van der Waals surface area contributed by atoms with Crippen LogP contribution in [0, 0.1) is 5.92 Å². The van der Waals surface area contributed by atoms with Crippen LogP contribution in [-0.2, 0) is 5.60 Å². The molecule has 0 saturated heterocycles. The zero-order chi connectivity index (χ0) is 18.4. The third-order valence-electron chi connectivity index (χ3n) is 4.65. The third kappa shape index (κ3) is 4.50. The first kappa shape index (κ1) is 19.2. The highest BCUT2D eigenvalue weighted by Crippen LogP contribution is 2.39. The first-order valence-electron chi connectivity index (χ1n) is 8.63. The molecule has 0 amide bonds. The van der Waals surface area contributed by atoms with Gasteiger partial charge in [0.2, 0.25) is 0 Å². The van der Waals surface area contributed by atoms with Crippen molar-refractivity contribution >= 4 is 6.08 Å². The largest absolute Gasteiger partial charge is 0.497 e. The Hall–Kier alpha value is -2.10. The Kier molecular flexibility index (Phi) is 6.40. The van der Waals surface area contributed by atoms with E-state index in [1.165, 1.54) is 0 Å². The molecule has 0 fully saturated rings. The highest BCUT2D eigenvalue weighted by atomic mass is 16.5. The van der Waals surface area contributed by atoms with Gasteiger partial charge < -0.3 is 14.7 Å². The van der Waals surface area contributed by atoms with Crippen LogP contribution < -0.4 is 4.74 Å². The molecule has 0 radical (unpaired) electrons. The summed E-state index contributed by atoms with van der Waals surface area (Å²) in [4.78, 5) is 2.10. The van der Waals surface area contributed by atoms with Crippen molar-refractivity contribution in [2.45, 2.75) is 19.4 Å². The topological polar surface area (TPSA) is 32.7 Å². The van der Waals surface area contributed by atoms with E-state index >= 15 is 0 Å². The van der Waals surface area contributed by atoms with Gasteiger partial charge in [-0.1, -0.05) is 55.5 Å². The van der Waals surface area contributed by atoms with E-state index in [9.17, 15) is 5.11 Å². The summed E-state index contributed by atoms with van der Waals surface area (Å²) in [6.45, 7) is 4.86. The van der Waals surface area contributed by atoms with E-state index in [2.05, 4.69) is 17.9 Å². The van der Waals surface area contributed by atoms with Gasteiger partial charge in [-0.3, -0.25) is 0 Å². The fraction of sp³-hybridized carbons (Fsp3) is 0.364. The predicted molar refractivity (Wildman–Crippen MR) is 105 cm³/mol. The first-order chi connectivity index (χ1) is 11.9. The van der Waals surface area contributed by atoms with Crippen LogP contribution in [0.2, 0.25) is 0 Å². The maximum atomic E-state index is 11.8. The second-order valence-corrected chi connectivity index (χ2v) is 6.90. The second-order valence-electron chi connectivity index (χ2n) is 6.90. The number of methoxy groups -OCH3 is 1. The Morgan fingerprint density at radius 2 is 1.84 bits per heavy atom.